The molecule has 0 aromatic heterocycles. The molecule has 4 rings (SSSR count). The van der Waals surface area contributed by atoms with E-state index in [1.807, 2.05) is 24.3 Å². The van der Waals surface area contributed by atoms with Crippen LogP contribution in [-0.2, 0) is 26.0 Å². The molecule has 1 unspecified atom stereocenters. The molecule has 0 bridgehead atoms. The molecule has 1 amide bonds. The number of halogens is 1. The Morgan fingerprint density at radius 3 is 2.67 bits per heavy atom. The fraction of sp³-hybridized carbons (Fsp3) is 0.381. The van der Waals surface area contributed by atoms with E-state index in [9.17, 15) is 13.2 Å². The number of ether oxygens (including phenoxy) is 1. The first kappa shape index (κ1) is 21.3. The highest BCUT2D eigenvalue weighted by Gasteiger charge is 2.27. The van der Waals surface area contributed by atoms with E-state index in [-0.39, 0.29) is 23.4 Å². The number of sulfonamides is 1. The largest absolute Gasteiger partial charge is 0.379 e. The van der Waals surface area contributed by atoms with Crippen molar-refractivity contribution in [3.63, 3.8) is 0 Å². The number of nitrogens with zero attached hydrogens (tertiary/aromatic N) is 1. The third-order valence-corrected chi connectivity index (χ3v) is 7.27. The van der Waals surface area contributed by atoms with Crippen molar-refractivity contribution in [2.24, 2.45) is 0 Å². The Labute approximate surface area is 181 Å². The molecule has 0 radical (unpaired) electrons. The predicted octanol–water partition coefficient (Wildman–Crippen LogP) is 2.58. The van der Waals surface area contributed by atoms with Crippen molar-refractivity contribution in [2.75, 3.05) is 38.2 Å². The number of amides is 1. The number of morpholine rings is 1. The zero-order valence-electron chi connectivity index (χ0n) is 16.4. The Kier molecular flexibility index (Phi) is 6.40. The average Bonchev–Trinajstić information content (AvgIpc) is 2.75. The third-order valence-electron chi connectivity index (χ3n) is 5.50. The van der Waals surface area contributed by atoms with Crippen molar-refractivity contribution in [1.82, 2.24) is 9.62 Å². The maximum absolute atomic E-state index is 13.0. The van der Waals surface area contributed by atoms with Gasteiger partial charge in [-0.3, -0.25) is 9.69 Å². The van der Waals surface area contributed by atoms with Gasteiger partial charge in [0.25, 0.3) is 0 Å². The third kappa shape index (κ3) is 4.68. The van der Waals surface area contributed by atoms with E-state index in [0.29, 0.717) is 49.9 Å². The van der Waals surface area contributed by atoms with Crippen LogP contribution >= 0.6 is 11.6 Å². The van der Waals surface area contributed by atoms with Crippen molar-refractivity contribution >= 4 is 33.2 Å². The fourth-order valence-electron chi connectivity index (χ4n) is 3.87. The van der Waals surface area contributed by atoms with Crippen LogP contribution in [0.5, 0.6) is 0 Å². The van der Waals surface area contributed by atoms with Crippen molar-refractivity contribution < 1.29 is 17.9 Å². The molecule has 2 aromatic rings. The molecule has 160 valence electrons. The van der Waals surface area contributed by atoms with Crippen LogP contribution in [0, 0.1) is 0 Å². The Morgan fingerprint density at radius 1 is 1.13 bits per heavy atom. The summed E-state index contributed by atoms with van der Waals surface area (Å²) in [6.07, 6.45) is 0.885. The van der Waals surface area contributed by atoms with Gasteiger partial charge in [-0.1, -0.05) is 29.8 Å². The molecule has 7 nitrogen and oxygen atoms in total. The minimum absolute atomic E-state index is 0.0516. The summed E-state index contributed by atoms with van der Waals surface area (Å²) in [5, 5.41) is 3.38. The molecular weight excluding hydrogens is 426 g/mol. The number of hydrogen-bond donors (Lipinski definition) is 2. The first-order valence-corrected chi connectivity index (χ1v) is 11.8. The highest BCUT2D eigenvalue weighted by Crippen LogP contribution is 2.29. The monoisotopic (exact) mass is 449 g/mol. The summed E-state index contributed by atoms with van der Waals surface area (Å²) in [6, 6.07) is 12.1. The number of aryl methyl sites for hydroxylation is 1. The molecule has 2 aliphatic heterocycles. The van der Waals surface area contributed by atoms with Crippen LogP contribution in [0.3, 0.4) is 0 Å². The smallest absolute Gasteiger partial charge is 0.240 e. The maximum Gasteiger partial charge on any atom is 0.240 e. The maximum atomic E-state index is 13.0. The van der Waals surface area contributed by atoms with E-state index in [0.717, 1.165) is 11.1 Å². The number of rotatable bonds is 6. The SMILES string of the molecule is O=C1CCc2cc(S(=O)(=O)NCC(c3ccccc3Cl)N3CCOCC3)ccc2N1. The molecule has 9 heteroatoms. The molecule has 0 saturated carbocycles. The van der Waals surface area contributed by atoms with Crippen LogP contribution in [0.1, 0.15) is 23.6 Å². The lowest BCUT2D eigenvalue weighted by Gasteiger charge is -2.35. The quantitative estimate of drug-likeness (QED) is 0.707. The van der Waals surface area contributed by atoms with E-state index in [1.165, 1.54) is 6.07 Å². The van der Waals surface area contributed by atoms with Crippen LogP contribution in [0.15, 0.2) is 47.4 Å². The molecule has 2 N–H and O–H groups in total. The van der Waals surface area contributed by atoms with E-state index >= 15 is 0 Å². The summed E-state index contributed by atoms with van der Waals surface area (Å²) in [5.74, 6) is -0.0516. The molecule has 0 aliphatic carbocycles. The van der Waals surface area contributed by atoms with Gasteiger partial charge in [-0.05, 0) is 41.8 Å². The minimum Gasteiger partial charge on any atom is -0.379 e. The zero-order valence-corrected chi connectivity index (χ0v) is 18.0. The lowest BCUT2D eigenvalue weighted by molar-refractivity contribution is -0.116. The van der Waals surface area contributed by atoms with E-state index in [1.54, 1.807) is 12.1 Å². The summed E-state index contributed by atoms with van der Waals surface area (Å²) in [7, 11) is -3.73. The van der Waals surface area contributed by atoms with E-state index in [4.69, 9.17) is 16.3 Å². The second-order valence-corrected chi connectivity index (χ2v) is 9.58. The van der Waals surface area contributed by atoms with Crippen LogP contribution in [0.4, 0.5) is 5.69 Å². The van der Waals surface area contributed by atoms with Crippen LogP contribution < -0.4 is 10.0 Å². The van der Waals surface area contributed by atoms with Crippen LogP contribution in [-0.4, -0.2) is 52.1 Å². The van der Waals surface area contributed by atoms with Crippen LogP contribution in [0.25, 0.3) is 0 Å². The number of benzene rings is 2. The van der Waals surface area contributed by atoms with Crippen LogP contribution in [0.2, 0.25) is 5.02 Å². The van der Waals surface area contributed by atoms with Crippen molar-refractivity contribution in [1.29, 1.82) is 0 Å². The van der Waals surface area contributed by atoms with E-state index in [2.05, 4.69) is 14.9 Å². The lowest BCUT2D eigenvalue weighted by atomic mass is 10.0. The van der Waals surface area contributed by atoms with Gasteiger partial charge in [-0.25, -0.2) is 13.1 Å². The lowest BCUT2D eigenvalue weighted by Crippen LogP contribution is -2.43. The van der Waals surface area contributed by atoms with Gasteiger partial charge in [0.1, 0.15) is 0 Å². The molecule has 1 saturated heterocycles. The first-order chi connectivity index (χ1) is 14.4. The van der Waals surface area contributed by atoms with Gasteiger partial charge in [0, 0.05) is 42.8 Å². The molecule has 2 aliphatic rings. The number of carbonyl (C=O) groups is 1. The Hall–Kier alpha value is -1.97. The minimum atomic E-state index is -3.73. The number of nitrogens with one attached hydrogen (secondary N) is 2. The van der Waals surface area contributed by atoms with Gasteiger partial charge in [0.2, 0.25) is 15.9 Å². The number of fused-ring (bicyclic) bond motifs is 1. The molecule has 0 spiro atoms. The van der Waals surface area contributed by atoms with Gasteiger partial charge in [0.05, 0.1) is 18.1 Å². The summed E-state index contributed by atoms with van der Waals surface area (Å²) >= 11 is 6.43. The van der Waals surface area contributed by atoms with Crippen molar-refractivity contribution in [2.45, 2.75) is 23.8 Å². The molecule has 1 atom stereocenters. The standard InChI is InChI=1S/C21H24ClN3O4S/c22-18-4-2-1-3-17(18)20(25-9-11-29-12-10-25)14-23-30(27,28)16-6-7-19-15(13-16)5-8-21(26)24-19/h1-4,6-7,13,20,23H,5,8-12,14H2,(H,24,26). The number of carbonyl (C=O) groups excluding carboxylic acids is 1. The second kappa shape index (κ2) is 9.03. The predicted molar refractivity (Wildman–Crippen MR) is 115 cm³/mol. The zero-order chi connectivity index (χ0) is 21.1. The topological polar surface area (TPSA) is 87.7 Å². The van der Waals surface area contributed by atoms with Gasteiger partial charge in [-0.15, -0.1) is 0 Å². The summed E-state index contributed by atoms with van der Waals surface area (Å²) < 4.78 is 34.2. The van der Waals surface area contributed by atoms with Gasteiger partial charge < -0.3 is 10.1 Å². The van der Waals surface area contributed by atoms with Crippen molar-refractivity contribution in [3.8, 4) is 0 Å². The molecule has 30 heavy (non-hydrogen) atoms. The number of hydrogen-bond acceptors (Lipinski definition) is 5. The Balaban J connectivity index is 1.55. The van der Waals surface area contributed by atoms with Gasteiger partial charge in [-0.2, -0.15) is 0 Å². The summed E-state index contributed by atoms with van der Waals surface area (Å²) in [6.45, 7) is 2.81. The highest BCUT2D eigenvalue weighted by molar-refractivity contribution is 7.89. The van der Waals surface area contributed by atoms with Crippen molar-refractivity contribution in [3.05, 3.63) is 58.6 Å². The Morgan fingerprint density at radius 2 is 1.90 bits per heavy atom. The first-order valence-electron chi connectivity index (χ1n) is 9.93. The average molecular weight is 450 g/mol. The molecule has 2 aromatic carbocycles. The number of anilines is 1. The Bertz CT molecular complexity index is 1040. The van der Waals surface area contributed by atoms with Gasteiger partial charge >= 0.3 is 0 Å². The van der Waals surface area contributed by atoms with Gasteiger partial charge in [0.15, 0.2) is 0 Å². The second-order valence-electron chi connectivity index (χ2n) is 7.40. The molecule has 2 heterocycles. The summed E-state index contributed by atoms with van der Waals surface area (Å²) in [5.41, 5.74) is 2.39. The fourth-order valence-corrected chi connectivity index (χ4v) is 5.22. The van der Waals surface area contributed by atoms with E-state index < -0.39 is 10.0 Å². The summed E-state index contributed by atoms with van der Waals surface area (Å²) in [4.78, 5) is 13.9. The normalized spacial score (nSPS) is 18.5. The molecule has 1 fully saturated rings. The highest BCUT2D eigenvalue weighted by atomic mass is 35.5. The molecular formula is C21H24ClN3O4S.